The average molecular weight is 522 g/mol. The SMILES string of the molecule is CC1(C(NC(=O)C(F)(F)F)C(=O)N2C[C@H]3[C@@H]([C@H]2C(=O)N[C@H](C#N)C[C@@H]2CCNC2=O)[C@H]2C=C[C@@H]3C2)CC1. The molecule has 5 rings (SSSR count). The predicted molar refractivity (Wildman–Crippen MR) is 122 cm³/mol. The standard InChI is InChI=1S/C25H30F3N5O4/c1-24(5-6-24)19(32-23(37)25(26,27)28)22(36)33-11-16-12-2-3-13(8-12)17(16)18(33)21(35)31-15(10-29)9-14-4-7-30-20(14)34/h2-3,12-19H,4-9,11H2,1H3,(H,30,34)(H,31,35)(H,32,37)/t12-,13+,14+,15+,16-,17+,18+,19?/m1/s1. The molecular formula is C25H30F3N5O4. The number of rotatable bonds is 7. The molecule has 2 saturated heterocycles. The molecule has 4 fully saturated rings. The maximum Gasteiger partial charge on any atom is 0.471 e. The Bertz CT molecular complexity index is 1080. The third-order valence-corrected chi connectivity index (χ3v) is 9.02. The Hall–Kier alpha value is -3.10. The summed E-state index contributed by atoms with van der Waals surface area (Å²) in [6, 6.07) is -1.30. The molecule has 0 spiro atoms. The lowest BCUT2D eigenvalue weighted by Gasteiger charge is -2.34. The Kier molecular flexibility index (Phi) is 6.23. The van der Waals surface area contributed by atoms with Crippen LogP contribution >= 0.6 is 0 Å². The molecule has 2 bridgehead atoms. The second-order valence-corrected chi connectivity index (χ2v) is 11.4. The molecule has 5 aliphatic rings. The first-order valence-electron chi connectivity index (χ1n) is 12.8. The summed E-state index contributed by atoms with van der Waals surface area (Å²) in [6.45, 7) is 2.36. The zero-order chi connectivity index (χ0) is 26.7. The number of amides is 4. The van der Waals surface area contributed by atoms with E-state index in [4.69, 9.17) is 0 Å². The highest BCUT2D eigenvalue weighted by atomic mass is 19.4. The number of nitriles is 1. The average Bonchev–Trinajstić information content (AvgIpc) is 3.27. The van der Waals surface area contributed by atoms with E-state index in [1.165, 1.54) is 4.90 Å². The third kappa shape index (κ3) is 4.57. The van der Waals surface area contributed by atoms with Gasteiger partial charge in [-0.25, -0.2) is 0 Å². The van der Waals surface area contributed by atoms with Gasteiger partial charge in [-0.05, 0) is 61.2 Å². The van der Waals surface area contributed by atoms with Gasteiger partial charge in [-0.2, -0.15) is 18.4 Å². The van der Waals surface area contributed by atoms with Gasteiger partial charge in [0.25, 0.3) is 0 Å². The summed E-state index contributed by atoms with van der Waals surface area (Å²) in [4.78, 5) is 52.5. The highest BCUT2D eigenvalue weighted by molar-refractivity contribution is 5.95. The largest absolute Gasteiger partial charge is 0.471 e. The van der Waals surface area contributed by atoms with Gasteiger partial charge in [-0.15, -0.1) is 0 Å². The lowest BCUT2D eigenvalue weighted by Crippen LogP contribution is -2.59. The Labute approximate surface area is 212 Å². The number of carbonyl (C=O) groups excluding carboxylic acids is 4. The van der Waals surface area contributed by atoms with Gasteiger partial charge in [-0.1, -0.05) is 19.1 Å². The van der Waals surface area contributed by atoms with E-state index < -0.39 is 53.4 Å². The van der Waals surface area contributed by atoms with E-state index in [-0.39, 0.29) is 42.5 Å². The normalized spacial score (nSPS) is 34.4. The zero-order valence-corrected chi connectivity index (χ0v) is 20.4. The number of alkyl halides is 3. The molecule has 0 aromatic heterocycles. The number of fused-ring (bicyclic) bond motifs is 5. The van der Waals surface area contributed by atoms with Crippen LogP contribution in [0.4, 0.5) is 13.2 Å². The van der Waals surface area contributed by atoms with E-state index >= 15 is 0 Å². The molecule has 12 heteroatoms. The van der Waals surface area contributed by atoms with Crippen LogP contribution in [-0.2, 0) is 19.2 Å². The van der Waals surface area contributed by atoms with Crippen molar-refractivity contribution in [3.05, 3.63) is 12.2 Å². The molecule has 8 atom stereocenters. The Morgan fingerprint density at radius 3 is 2.54 bits per heavy atom. The van der Waals surface area contributed by atoms with Gasteiger partial charge in [0, 0.05) is 19.0 Å². The van der Waals surface area contributed by atoms with Crippen molar-refractivity contribution in [3.63, 3.8) is 0 Å². The minimum atomic E-state index is -5.14. The van der Waals surface area contributed by atoms with E-state index in [1.807, 2.05) is 17.5 Å². The summed E-state index contributed by atoms with van der Waals surface area (Å²) in [5.41, 5.74) is -0.820. The first-order valence-corrected chi connectivity index (χ1v) is 12.8. The lowest BCUT2D eigenvalue weighted by atomic mass is 9.81. The topological polar surface area (TPSA) is 131 Å². The molecule has 3 N–H and O–H groups in total. The lowest BCUT2D eigenvalue weighted by molar-refractivity contribution is -0.175. The molecule has 37 heavy (non-hydrogen) atoms. The van der Waals surface area contributed by atoms with Crippen molar-refractivity contribution in [2.24, 2.45) is 35.0 Å². The van der Waals surface area contributed by atoms with Crippen LogP contribution in [-0.4, -0.2) is 65.9 Å². The molecule has 2 heterocycles. The quantitative estimate of drug-likeness (QED) is 0.431. The molecule has 1 unspecified atom stereocenters. The number of carbonyl (C=O) groups is 4. The summed E-state index contributed by atoms with van der Waals surface area (Å²) in [5.74, 6) is -4.04. The van der Waals surface area contributed by atoms with Crippen LogP contribution in [0.5, 0.6) is 0 Å². The molecule has 0 aromatic carbocycles. The van der Waals surface area contributed by atoms with Crippen LogP contribution in [0, 0.1) is 46.3 Å². The number of likely N-dealkylation sites (tertiary alicyclic amines) is 1. The van der Waals surface area contributed by atoms with Crippen molar-refractivity contribution >= 4 is 23.6 Å². The maximum atomic E-state index is 13.8. The van der Waals surface area contributed by atoms with Crippen LogP contribution in [0.3, 0.4) is 0 Å². The van der Waals surface area contributed by atoms with Crippen molar-refractivity contribution in [2.75, 3.05) is 13.1 Å². The number of nitrogens with one attached hydrogen (secondary N) is 3. The van der Waals surface area contributed by atoms with Crippen molar-refractivity contribution in [1.29, 1.82) is 5.26 Å². The number of nitrogens with zero attached hydrogens (tertiary/aromatic N) is 2. The molecule has 0 radical (unpaired) electrons. The van der Waals surface area contributed by atoms with E-state index in [9.17, 15) is 37.6 Å². The van der Waals surface area contributed by atoms with Gasteiger partial charge in [-0.3, -0.25) is 19.2 Å². The predicted octanol–water partition coefficient (Wildman–Crippen LogP) is 1.02. The summed E-state index contributed by atoms with van der Waals surface area (Å²) >= 11 is 0. The van der Waals surface area contributed by atoms with Gasteiger partial charge in [0.05, 0.1) is 6.07 Å². The molecule has 3 aliphatic carbocycles. The summed E-state index contributed by atoms with van der Waals surface area (Å²) in [7, 11) is 0. The Balaban J connectivity index is 1.38. The van der Waals surface area contributed by atoms with Gasteiger partial charge >= 0.3 is 12.1 Å². The van der Waals surface area contributed by atoms with Crippen molar-refractivity contribution < 1.29 is 32.3 Å². The third-order valence-electron chi connectivity index (χ3n) is 9.02. The second kappa shape index (κ2) is 9.03. The fraction of sp³-hybridized carbons (Fsp3) is 0.720. The Morgan fingerprint density at radius 1 is 1.24 bits per heavy atom. The maximum absolute atomic E-state index is 13.8. The van der Waals surface area contributed by atoms with E-state index in [0.29, 0.717) is 25.8 Å². The fourth-order valence-electron chi connectivity index (χ4n) is 6.73. The fourth-order valence-corrected chi connectivity index (χ4v) is 6.73. The van der Waals surface area contributed by atoms with Gasteiger partial charge in [0.2, 0.25) is 17.7 Å². The van der Waals surface area contributed by atoms with E-state index in [1.54, 1.807) is 6.92 Å². The number of halogens is 3. The molecule has 2 saturated carbocycles. The van der Waals surface area contributed by atoms with Crippen LogP contribution in [0.1, 0.15) is 39.0 Å². The molecule has 0 aromatic rings. The van der Waals surface area contributed by atoms with Gasteiger partial charge in [0.1, 0.15) is 18.1 Å². The first kappa shape index (κ1) is 25.5. The highest BCUT2D eigenvalue weighted by Gasteiger charge is 2.61. The van der Waals surface area contributed by atoms with E-state index in [2.05, 4.69) is 16.7 Å². The first-order chi connectivity index (χ1) is 17.4. The van der Waals surface area contributed by atoms with Crippen molar-refractivity contribution in [2.45, 2.75) is 63.3 Å². The molecule has 4 amide bonds. The second-order valence-electron chi connectivity index (χ2n) is 11.4. The molecule has 2 aliphatic heterocycles. The van der Waals surface area contributed by atoms with Crippen molar-refractivity contribution in [1.82, 2.24) is 20.9 Å². The van der Waals surface area contributed by atoms with Crippen LogP contribution in [0.2, 0.25) is 0 Å². The zero-order valence-electron chi connectivity index (χ0n) is 20.4. The van der Waals surface area contributed by atoms with Crippen LogP contribution < -0.4 is 16.0 Å². The minimum absolute atomic E-state index is 0.0261. The van der Waals surface area contributed by atoms with Crippen LogP contribution in [0.15, 0.2) is 12.2 Å². The minimum Gasteiger partial charge on any atom is -0.356 e. The molecular weight excluding hydrogens is 491 g/mol. The van der Waals surface area contributed by atoms with E-state index in [0.717, 1.165) is 6.42 Å². The molecule has 9 nitrogen and oxygen atoms in total. The summed E-state index contributed by atoms with van der Waals surface area (Å²) in [6.07, 6.45) is 1.44. The number of allylic oxidation sites excluding steroid dienone is 2. The number of hydrogen-bond acceptors (Lipinski definition) is 5. The Morgan fingerprint density at radius 2 is 1.95 bits per heavy atom. The summed E-state index contributed by atoms with van der Waals surface area (Å²) in [5, 5.41) is 17.0. The van der Waals surface area contributed by atoms with Crippen LogP contribution in [0.25, 0.3) is 0 Å². The summed E-state index contributed by atoms with van der Waals surface area (Å²) < 4.78 is 39.2. The smallest absolute Gasteiger partial charge is 0.356 e. The van der Waals surface area contributed by atoms with Gasteiger partial charge in [0.15, 0.2) is 0 Å². The molecule has 200 valence electrons. The highest BCUT2D eigenvalue weighted by Crippen LogP contribution is 2.55. The van der Waals surface area contributed by atoms with Crippen molar-refractivity contribution in [3.8, 4) is 6.07 Å². The number of hydrogen-bond donors (Lipinski definition) is 3. The monoisotopic (exact) mass is 521 g/mol. The van der Waals surface area contributed by atoms with Gasteiger partial charge < -0.3 is 20.9 Å².